The first-order valence-corrected chi connectivity index (χ1v) is 17.2. The fourth-order valence-corrected chi connectivity index (χ4v) is 5.21. The van der Waals surface area contributed by atoms with E-state index < -0.39 is 11.9 Å². The van der Waals surface area contributed by atoms with E-state index in [1.165, 1.54) is 103 Å². The Morgan fingerprint density at radius 3 is 1.21 bits per heavy atom. The van der Waals surface area contributed by atoms with E-state index >= 15 is 0 Å². The van der Waals surface area contributed by atoms with Crippen molar-refractivity contribution in [3.8, 4) is 0 Å². The summed E-state index contributed by atoms with van der Waals surface area (Å²) in [7, 11) is 0. The number of Topliss-reactive ketones (excluding diaryl/α,β-unsaturated/α-hetero) is 1. The maximum atomic E-state index is 12.5. The minimum absolute atomic E-state index is 0.0576. The van der Waals surface area contributed by atoms with Crippen LogP contribution in [0.1, 0.15) is 187 Å². The normalized spacial score (nSPS) is 12.6. The lowest BCUT2D eigenvalue weighted by molar-refractivity contribution is -0.146. The number of allylic oxidation sites excluding steroid dienone is 4. The van der Waals surface area contributed by atoms with Crippen LogP contribution in [0.15, 0.2) is 24.3 Å². The number of carboxylic acid groups (broad SMARTS) is 1. The summed E-state index contributed by atoms with van der Waals surface area (Å²) in [6.07, 6.45) is 40.8. The molecule has 0 aromatic rings. The molecule has 0 spiro atoms. The van der Waals surface area contributed by atoms with Gasteiger partial charge in [0.05, 0.1) is 0 Å². The maximum Gasteiger partial charge on any atom is 0.314 e. The number of unbranched alkanes of at least 4 members (excludes halogenated alkanes) is 21. The zero-order valence-electron chi connectivity index (χ0n) is 26.2. The highest BCUT2D eigenvalue weighted by Crippen LogP contribution is 2.17. The number of hydrogen-bond donors (Lipinski definition) is 1. The van der Waals surface area contributed by atoms with E-state index in [0.717, 1.165) is 57.8 Å². The molecule has 0 heterocycles. The Labute approximate surface area is 243 Å². The van der Waals surface area contributed by atoms with E-state index in [4.69, 9.17) is 0 Å². The zero-order chi connectivity index (χ0) is 28.7. The average Bonchev–Trinajstić information content (AvgIpc) is 2.92. The summed E-state index contributed by atoms with van der Waals surface area (Å²) in [6, 6.07) is 0. The van der Waals surface area contributed by atoms with Crippen molar-refractivity contribution in [1.82, 2.24) is 0 Å². The van der Waals surface area contributed by atoms with Gasteiger partial charge in [-0.3, -0.25) is 9.59 Å². The van der Waals surface area contributed by atoms with Crippen LogP contribution in [0.25, 0.3) is 0 Å². The van der Waals surface area contributed by atoms with Gasteiger partial charge in [0.2, 0.25) is 0 Å². The van der Waals surface area contributed by atoms with Crippen LogP contribution in [0.2, 0.25) is 0 Å². The molecule has 3 heteroatoms. The summed E-state index contributed by atoms with van der Waals surface area (Å²) in [4.78, 5) is 24.1. The van der Waals surface area contributed by atoms with Gasteiger partial charge in [0, 0.05) is 6.42 Å². The van der Waals surface area contributed by atoms with E-state index in [9.17, 15) is 14.7 Å². The molecule has 3 nitrogen and oxygen atoms in total. The molecule has 1 atom stereocenters. The zero-order valence-corrected chi connectivity index (χ0v) is 26.2. The number of carboxylic acids is 1. The lowest BCUT2D eigenvalue weighted by Gasteiger charge is -2.11. The van der Waals surface area contributed by atoms with Crippen LogP contribution >= 0.6 is 0 Å². The Morgan fingerprint density at radius 2 is 0.821 bits per heavy atom. The lowest BCUT2D eigenvalue weighted by Crippen LogP contribution is -2.23. The number of ketones is 1. The van der Waals surface area contributed by atoms with Crippen molar-refractivity contribution in [3.05, 3.63) is 24.3 Å². The van der Waals surface area contributed by atoms with Gasteiger partial charge >= 0.3 is 5.97 Å². The summed E-state index contributed by atoms with van der Waals surface area (Å²) in [6.45, 7) is 4.52. The van der Waals surface area contributed by atoms with E-state index in [2.05, 4.69) is 38.2 Å². The Morgan fingerprint density at radius 1 is 0.487 bits per heavy atom. The minimum Gasteiger partial charge on any atom is -0.481 e. The van der Waals surface area contributed by atoms with Crippen molar-refractivity contribution in [2.45, 2.75) is 187 Å². The van der Waals surface area contributed by atoms with Crippen molar-refractivity contribution in [2.24, 2.45) is 5.92 Å². The molecule has 0 aliphatic carbocycles. The van der Waals surface area contributed by atoms with Gasteiger partial charge in [-0.1, -0.05) is 141 Å². The Balaban J connectivity index is 3.64. The molecule has 0 aromatic heterocycles. The molecule has 0 saturated heterocycles. The lowest BCUT2D eigenvalue weighted by atomic mass is 9.93. The second kappa shape index (κ2) is 31.2. The van der Waals surface area contributed by atoms with Gasteiger partial charge in [-0.15, -0.1) is 0 Å². The van der Waals surface area contributed by atoms with Gasteiger partial charge in [0.15, 0.2) is 0 Å². The molecular formula is C36H66O3. The topological polar surface area (TPSA) is 54.4 Å². The molecule has 0 aliphatic heterocycles. The SMILES string of the molecule is CCCCCCCC/C=C\CCCCCCCC(=O)C(CCCCCC/C=C\CCCCCCCC)C(=O)O. The van der Waals surface area contributed by atoms with Crippen LogP contribution in [0.4, 0.5) is 0 Å². The van der Waals surface area contributed by atoms with E-state index in [1.807, 2.05) is 0 Å². The molecular weight excluding hydrogens is 480 g/mol. The monoisotopic (exact) mass is 547 g/mol. The smallest absolute Gasteiger partial charge is 0.314 e. The summed E-state index contributed by atoms with van der Waals surface area (Å²) < 4.78 is 0. The average molecular weight is 547 g/mol. The van der Waals surface area contributed by atoms with Crippen LogP contribution in [0, 0.1) is 5.92 Å². The molecule has 0 saturated carbocycles. The summed E-state index contributed by atoms with van der Waals surface area (Å²) in [5.41, 5.74) is 0. The highest BCUT2D eigenvalue weighted by Gasteiger charge is 2.24. The largest absolute Gasteiger partial charge is 0.481 e. The number of rotatable bonds is 31. The van der Waals surface area contributed by atoms with Crippen LogP contribution in [0.5, 0.6) is 0 Å². The maximum absolute atomic E-state index is 12.5. The van der Waals surface area contributed by atoms with Crippen molar-refractivity contribution < 1.29 is 14.7 Å². The van der Waals surface area contributed by atoms with Crippen LogP contribution < -0.4 is 0 Å². The first kappa shape index (κ1) is 37.6. The molecule has 0 radical (unpaired) electrons. The van der Waals surface area contributed by atoms with E-state index in [1.54, 1.807) is 0 Å². The fourth-order valence-electron chi connectivity index (χ4n) is 5.21. The number of carbonyl (C=O) groups excluding carboxylic acids is 1. The predicted molar refractivity (Wildman–Crippen MR) is 170 cm³/mol. The standard InChI is InChI=1S/C36H66O3/c1-3-5-7-9-11-13-15-17-19-21-23-25-27-29-31-33-35(37)34(36(38)39)32-30-28-26-24-22-20-18-16-14-12-10-8-6-4-2/h17-20,34H,3-16,21-33H2,1-2H3,(H,38,39)/b19-17-,20-18-. The van der Waals surface area contributed by atoms with Crippen LogP contribution in [-0.2, 0) is 9.59 Å². The number of hydrogen-bond acceptors (Lipinski definition) is 2. The molecule has 1 unspecified atom stereocenters. The van der Waals surface area contributed by atoms with Gasteiger partial charge in [-0.05, 0) is 64.2 Å². The van der Waals surface area contributed by atoms with Crippen LogP contribution in [0.3, 0.4) is 0 Å². The quantitative estimate of drug-likeness (QED) is 0.0534. The van der Waals surface area contributed by atoms with Crippen molar-refractivity contribution in [1.29, 1.82) is 0 Å². The highest BCUT2D eigenvalue weighted by atomic mass is 16.4. The molecule has 1 N–H and O–H groups in total. The third-order valence-electron chi connectivity index (χ3n) is 7.88. The van der Waals surface area contributed by atoms with Crippen molar-refractivity contribution >= 4 is 11.8 Å². The van der Waals surface area contributed by atoms with Crippen molar-refractivity contribution in [3.63, 3.8) is 0 Å². The highest BCUT2D eigenvalue weighted by molar-refractivity contribution is 5.98. The minimum atomic E-state index is -0.926. The van der Waals surface area contributed by atoms with Gasteiger partial charge in [0.1, 0.15) is 11.7 Å². The molecule has 0 aromatic carbocycles. The summed E-state index contributed by atoms with van der Waals surface area (Å²) in [5, 5.41) is 9.54. The van der Waals surface area contributed by atoms with E-state index in [0.29, 0.717) is 12.8 Å². The molecule has 0 amide bonds. The van der Waals surface area contributed by atoms with Crippen molar-refractivity contribution in [2.75, 3.05) is 0 Å². The summed E-state index contributed by atoms with van der Waals surface area (Å²) >= 11 is 0. The van der Waals surface area contributed by atoms with Gasteiger partial charge in [-0.2, -0.15) is 0 Å². The molecule has 39 heavy (non-hydrogen) atoms. The Bertz CT molecular complexity index is 592. The van der Waals surface area contributed by atoms with Gasteiger partial charge in [0.25, 0.3) is 0 Å². The number of carbonyl (C=O) groups is 2. The van der Waals surface area contributed by atoms with E-state index in [-0.39, 0.29) is 5.78 Å². The third kappa shape index (κ3) is 28.0. The van der Waals surface area contributed by atoms with Crippen LogP contribution in [-0.4, -0.2) is 16.9 Å². The first-order chi connectivity index (χ1) is 19.1. The fraction of sp³-hybridized carbons (Fsp3) is 0.833. The molecule has 0 fully saturated rings. The first-order valence-electron chi connectivity index (χ1n) is 17.2. The Kier molecular flexibility index (Phi) is 30.0. The molecule has 0 aliphatic rings. The molecule has 0 rings (SSSR count). The molecule has 228 valence electrons. The second-order valence-corrected chi connectivity index (χ2v) is 11.7. The summed E-state index contributed by atoms with van der Waals surface area (Å²) in [5.74, 6) is -1.78. The number of aliphatic carboxylic acids is 1. The molecule has 0 bridgehead atoms. The third-order valence-corrected chi connectivity index (χ3v) is 7.88. The predicted octanol–water partition coefficient (Wildman–Crippen LogP) is 11.9. The van der Waals surface area contributed by atoms with Gasteiger partial charge < -0.3 is 5.11 Å². The second-order valence-electron chi connectivity index (χ2n) is 11.7. The van der Waals surface area contributed by atoms with Gasteiger partial charge in [-0.25, -0.2) is 0 Å². The Hall–Kier alpha value is -1.38.